The number of nitrogens with two attached hydrogens (primary N) is 1. The monoisotopic (exact) mass is 237 g/mol. The van der Waals surface area contributed by atoms with Crippen LogP contribution in [-0.4, -0.2) is 14.3 Å². The lowest BCUT2D eigenvalue weighted by molar-refractivity contribution is 0.0996. The van der Waals surface area contributed by atoms with Crippen molar-refractivity contribution in [1.29, 1.82) is 0 Å². The van der Waals surface area contributed by atoms with E-state index in [4.69, 9.17) is 16.4 Å². The minimum atomic E-state index is -3.98. The number of hydrogen-bond acceptors (Lipinski definition) is 3. The highest BCUT2D eigenvalue weighted by atomic mass is 35.7. The fourth-order valence-electron chi connectivity index (χ4n) is 0.845. The Kier molecular flexibility index (Phi) is 2.77. The zero-order chi connectivity index (χ0) is 10.9. The van der Waals surface area contributed by atoms with Crippen LogP contribution in [0, 0.1) is 5.82 Å². The summed E-state index contributed by atoms with van der Waals surface area (Å²) in [4.78, 5) is 10.3. The molecular formula is C7H5ClFNO3S. The molecule has 0 spiro atoms. The van der Waals surface area contributed by atoms with Gasteiger partial charge in [0.1, 0.15) is 5.82 Å². The summed E-state index contributed by atoms with van der Waals surface area (Å²) >= 11 is 0. The predicted octanol–water partition coefficient (Wildman–Crippen LogP) is 0.852. The summed E-state index contributed by atoms with van der Waals surface area (Å²) in [5.41, 5.74) is 4.30. The SMILES string of the molecule is NC(=O)c1cc(S(=O)(=O)Cl)ccc1F. The third-order valence-corrected chi connectivity index (χ3v) is 2.84. The summed E-state index contributed by atoms with van der Waals surface area (Å²) in [5, 5.41) is 0. The molecule has 0 heterocycles. The topological polar surface area (TPSA) is 77.2 Å². The van der Waals surface area contributed by atoms with E-state index in [1.165, 1.54) is 0 Å². The molecule has 0 aliphatic heterocycles. The van der Waals surface area contributed by atoms with E-state index in [9.17, 15) is 17.6 Å². The molecule has 0 aliphatic carbocycles. The molecule has 1 amide bonds. The molecule has 0 saturated carbocycles. The lowest BCUT2D eigenvalue weighted by Gasteiger charge is -2.00. The van der Waals surface area contributed by atoms with Gasteiger partial charge in [0.05, 0.1) is 10.5 Å². The first-order chi connectivity index (χ1) is 6.32. The fraction of sp³-hybridized carbons (Fsp3) is 0. The lowest BCUT2D eigenvalue weighted by atomic mass is 10.2. The Bertz CT molecular complexity index is 486. The summed E-state index contributed by atoms with van der Waals surface area (Å²) in [6, 6.07) is 2.56. The number of hydrogen-bond donors (Lipinski definition) is 1. The Morgan fingerprint density at radius 1 is 1.43 bits per heavy atom. The van der Waals surface area contributed by atoms with E-state index in [0.29, 0.717) is 0 Å². The van der Waals surface area contributed by atoms with Crippen LogP contribution in [0.4, 0.5) is 4.39 Å². The van der Waals surface area contributed by atoms with Gasteiger partial charge in [0.15, 0.2) is 0 Å². The highest BCUT2D eigenvalue weighted by Crippen LogP contribution is 2.18. The molecular weight excluding hydrogens is 233 g/mol. The molecule has 2 N–H and O–H groups in total. The highest BCUT2D eigenvalue weighted by molar-refractivity contribution is 8.13. The van der Waals surface area contributed by atoms with Gasteiger partial charge in [-0.2, -0.15) is 0 Å². The van der Waals surface area contributed by atoms with Gasteiger partial charge in [-0.15, -0.1) is 0 Å². The molecule has 0 aromatic heterocycles. The first-order valence-corrected chi connectivity index (χ1v) is 5.67. The van der Waals surface area contributed by atoms with Crippen molar-refractivity contribution in [3.05, 3.63) is 29.6 Å². The molecule has 7 heteroatoms. The van der Waals surface area contributed by atoms with Crippen molar-refractivity contribution < 1.29 is 17.6 Å². The van der Waals surface area contributed by atoms with Gasteiger partial charge in [-0.3, -0.25) is 4.79 Å². The fourth-order valence-corrected chi connectivity index (χ4v) is 1.62. The average Bonchev–Trinajstić information content (AvgIpc) is 2.02. The van der Waals surface area contributed by atoms with Crippen molar-refractivity contribution >= 4 is 25.6 Å². The van der Waals surface area contributed by atoms with Crippen LogP contribution in [0.3, 0.4) is 0 Å². The maximum Gasteiger partial charge on any atom is 0.261 e. The average molecular weight is 238 g/mol. The van der Waals surface area contributed by atoms with E-state index < -0.39 is 26.3 Å². The quantitative estimate of drug-likeness (QED) is 0.775. The third-order valence-electron chi connectivity index (χ3n) is 1.48. The van der Waals surface area contributed by atoms with Crippen molar-refractivity contribution in [2.75, 3.05) is 0 Å². The smallest absolute Gasteiger partial charge is 0.261 e. The van der Waals surface area contributed by atoms with Crippen molar-refractivity contribution in [3.8, 4) is 0 Å². The van der Waals surface area contributed by atoms with Gasteiger partial charge in [-0.1, -0.05) is 0 Å². The Hall–Kier alpha value is -1.14. The van der Waals surface area contributed by atoms with Gasteiger partial charge >= 0.3 is 0 Å². The third kappa shape index (κ3) is 2.21. The summed E-state index contributed by atoms with van der Waals surface area (Å²) in [7, 11) is 1.01. The number of halogens is 2. The molecule has 0 fully saturated rings. The molecule has 14 heavy (non-hydrogen) atoms. The zero-order valence-electron chi connectivity index (χ0n) is 6.70. The van der Waals surface area contributed by atoms with Crippen LogP contribution in [0.1, 0.15) is 10.4 Å². The van der Waals surface area contributed by atoms with Gasteiger partial charge in [-0.05, 0) is 18.2 Å². The van der Waals surface area contributed by atoms with E-state index in [2.05, 4.69) is 0 Å². The normalized spacial score (nSPS) is 11.3. The summed E-state index contributed by atoms with van der Waals surface area (Å²) < 4.78 is 34.5. The van der Waals surface area contributed by atoms with E-state index in [0.717, 1.165) is 18.2 Å². The Labute approximate surface area is 83.9 Å². The molecule has 0 aliphatic rings. The van der Waals surface area contributed by atoms with Gasteiger partial charge in [0.2, 0.25) is 0 Å². The standard InChI is InChI=1S/C7H5ClFNO3S/c8-14(12,13)4-1-2-6(9)5(3-4)7(10)11/h1-3H,(H2,10,11). The second-order valence-corrected chi connectivity index (χ2v) is 5.01. The van der Waals surface area contributed by atoms with Crippen molar-refractivity contribution in [3.63, 3.8) is 0 Å². The molecule has 1 aromatic carbocycles. The minimum absolute atomic E-state index is 0.366. The molecule has 0 unspecified atom stereocenters. The lowest BCUT2D eigenvalue weighted by Crippen LogP contribution is -2.13. The van der Waals surface area contributed by atoms with E-state index in [1.54, 1.807) is 0 Å². The molecule has 76 valence electrons. The van der Waals surface area contributed by atoms with Gasteiger partial charge in [-0.25, -0.2) is 12.8 Å². The molecule has 0 bridgehead atoms. The van der Waals surface area contributed by atoms with Crippen LogP contribution in [0.2, 0.25) is 0 Å². The predicted molar refractivity (Wildman–Crippen MR) is 48.0 cm³/mol. The second kappa shape index (κ2) is 3.55. The second-order valence-electron chi connectivity index (χ2n) is 2.44. The van der Waals surface area contributed by atoms with Crippen molar-refractivity contribution in [2.24, 2.45) is 5.73 Å². The van der Waals surface area contributed by atoms with Crippen LogP contribution in [0.5, 0.6) is 0 Å². The Morgan fingerprint density at radius 2 is 2.00 bits per heavy atom. The molecule has 0 atom stereocenters. The van der Waals surface area contributed by atoms with Gasteiger partial charge in [0.25, 0.3) is 15.0 Å². The molecule has 0 radical (unpaired) electrons. The van der Waals surface area contributed by atoms with Crippen LogP contribution < -0.4 is 5.73 Å². The zero-order valence-corrected chi connectivity index (χ0v) is 8.27. The number of carbonyl (C=O) groups is 1. The van der Waals surface area contributed by atoms with Gasteiger partial charge in [0, 0.05) is 10.7 Å². The largest absolute Gasteiger partial charge is 0.366 e. The maximum atomic E-state index is 12.9. The number of carbonyl (C=O) groups excluding carboxylic acids is 1. The molecule has 4 nitrogen and oxygen atoms in total. The van der Waals surface area contributed by atoms with Crippen LogP contribution >= 0.6 is 10.7 Å². The van der Waals surface area contributed by atoms with Crippen LogP contribution in [0.25, 0.3) is 0 Å². The number of benzene rings is 1. The summed E-state index contributed by atoms with van der Waals surface area (Å²) in [6.45, 7) is 0. The van der Waals surface area contributed by atoms with Crippen molar-refractivity contribution in [1.82, 2.24) is 0 Å². The number of amides is 1. The summed E-state index contributed by atoms with van der Waals surface area (Å²) in [5.74, 6) is -1.94. The molecule has 0 saturated heterocycles. The van der Waals surface area contributed by atoms with Crippen molar-refractivity contribution in [2.45, 2.75) is 4.90 Å². The van der Waals surface area contributed by atoms with E-state index in [-0.39, 0.29) is 4.90 Å². The number of rotatable bonds is 2. The maximum absolute atomic E-state index is 12.9. The molecule has 1 aromatic rings. The molecule has 1 rings (SSSR count). The highest BCUT2D eigenvalue weighted by Gasteiger charge is 2.15. The Balaban J connectivity index is 3.42. The van der Waals surface area contributed by atoms with Gasteiger partial charge < -0.3 is 5.73 Å². The van der Waals surface area contributed by atoms with E-state index in [1.807, 2.05) is 0 Å². The summed E-state index contributed by atoms with van der Waals surface area (Å²) in [6.07, 6.45) is 0. The van der Waals surface area contributed by atoms with E-state index >= 15 is 0 Å². The first kappa shape index (κ1) is 10.9. The van der Waals surface area contributed by atoms with Crippen LogP contribution in [0.15, 0.2) is 23.1 Å². The minimum Gasteiger partial charge on any atom is -0.366 e. The number of primary amides is 1. The first-order valence-electron chi connectivity index (χ1n) is 3.36. The van der Waals surface area contributed by atoms with Crippen LogP contribution in [-0.2, 0) is 9.05 Å². The Morgan fingerprint density at radius 3 is 2.43 bits per heavy atom.